The molecule has 1 atom stereocenters. The molecule has 2 aliphatic heterocycles. The highest BCUT2D eigenvalue weighted by molar-refractivity contribution is 4.96. The molecule has 2 rings (SSSR count). The van der Waals surface area contributed by atoms with Crippen molar-refractivity contribution >= 4 is 0 Å². The lowest BCUT2D eigenvalue weighted by atomic mass is 10.1. The highest BCUT2D eigenvalue weighted by Gasteiger charge is 2.30. The average Bonchev–Trinajstić information content (AvgIpc) is 2.97. The molecule has 0 saturated carbocycles. The van der Waals surface area contributed by atoms with E-state index in [9.17, 15) is 0 Å². The number of likely N-dealkylation sites (tertiary alicyclic amines) is 1. The topological polar surface area (TPSA) is 21.7 Å². The summed E-state index contributed by atoms with van der Waals surface area (Å²) in [5, 5.41) is 0. The van der Waals surface area contributed by atoms with Gasteiger partial charge in [0.1, 0.15) is 0 Å². The average molecular weight is 281 g/mol. The van der Waals surface area contributed by atoms with Gasteiger partial charge in [0.25, 0.3) is 0 Å². The van der Waals surface area contributed by atoms with Gasteiger partial charge in [0.2, 0.25) is 0 Å². The number of hydrogen-bond acceptors (Lipinski definition) is 3. The first kappa shape index (κ1) is 16.0. The molecular weight excluding hydrogens is 250 g/mol. The summed E-state index contributed by atoms with van der Waals surface area (Å²) in [7, 11) is 0. The van der Waals surface area contributed by atoms with Gasteiger partial charge in [-0.15, -0.1) is 0 Å². The van der Waals surface area contributed by atoms with Crippen LogP contribution in [0.15, 0.2) is 12.2 Å². The van der Waals surface area contributed by atoms with Crippen molar-refractivity contribution in [1.82, 2.24) is 4.90 Å². The number of allylic oxidation sites excluding steroid dienone is 1. The van der Waals surface area contributed by atoms with Crippen molar-refractivity contribution in [3.63, 3.8) is 0 Å². The Labute approximate surface area is 124 Å². The summed E-state index contributed by atoms with van der Waals surface area (Å²) in [5.74, 6) is 0.424. The molecule has 1 unspecified atom stereocenters. The number of ether oxygens (including phenoxy) is 2. The molecule has 3 heteroatoms. The fraction of sp³-hybridized carbons (Fsp3) is 0.882. The Balaban J connectivity index is 1.62. The molecule has 0 aromatic carbocycles. The number of rotatable bonds is 5. The monoisotopic (exact) mass is 281 g/mol. The molecule has 2 fully saturated rings. The van der Waals surface area contributed by atoms with E-state index in [1.54, 1.807) is 0 Å². The third-order valence-corrected chi connectivity index (χ3v) is 4.48. The van der Waals surface area contributed by atoms with Crippen molar-refractivity contribution in [3.8, 4) is 0 Å². The Kier molecular flexibility index (Phi) is 5.27. The van der Waals surface area contributed by atoms with Crippen LogP contribution in [0.25, 0.3) is 0 Å². The Morgan fingerprint density at radius 3 is 2.55 bits per heavy atom. The highest BCUT2D eigenvalue weighted by atomic mass is 16.7. The molecule has 2 saturated heterocycles. The summed E-state index contributed by atoms with van der Waals surface area (Å²) in [5.41, 5.74) is 0.314. The molecule has 3 nitrogen and oxygen atoms in total. The van der Waals surface area contributed by atoms with Crippen LogP contribution in [-0.4, -0.2) is 42.5 Å². The summed E-state index contributed by atoms with van der Waals surface area (Å²) in [4.78, 5) is 2.59. The van der Waals surface area contributed by atoms with Gasteiger partial charge in [0.05, 0.1) is 13.2 Å². The van der Waals surface area contributed by atoms with Crippen molar-refractivity contribution in [1.29, 1.82) is 0 Å². The zero-order valence-electron chi connectivity index (χ0n) is 13.7. The first-order valence-electron chi connectivity index (χ1n) is 8.09. The van der Waals surface area contributed by atoms with Gasteiger partial charge in [-0.25, -0.2) is 0 Å². The van der Waals surface area contributed by atoms with Crippen LogP contribution in [0.4, 0.5) is 0 Å². The maximum Gasteiger partial charge on any atom is 0.165 e. The van der Waals surface area contributed by atoms with Crippen LogP contribution in [0.5, 0.6) is 0 Å². The van der Waals surface area contributed by atoms with Crippen LogP contribution >= 0.6 is 0 Å². The van der Waals surface area contributed by atoms with Gasteiger partial charge in [-0.2, -0.15) is 0 Å². The van der Waals surface area contributed by atoms with E-state index >= 15 is 0 Å². The van der Waals surface area contributed by atoms with Gasteiger partial charge in [0.15, 0.2) is 5.79 Å². The molecule has 2 aliphatic rings. The number of nitrogens with zero attached hydrogens (tertiary/aromatic N) is 1. The Morgan fingerprint density at radius 1 is 1.25 bits per heavy atom. The van der Waals surface area contributed by atoms with Gasteiger partial charge >= 0.3 is 0 Å². The Morgan fingerprint density at radius 2 is 1.95 bits per heavy atom. The van der Waals surface area contributed by atoms with E-state index in [0.717, 1.165) is 38.4 Å². The van der Waals surface area contributed by atoms with Crippen LogP contribution in [0, 0.1) is 5.92 Å². The quantitative estimate of drug-likeness (QED) is 0.568. The van der Waals surface area contributed by atoms with Gasteiger partial charge in [-0.05, 0) is 59.4 Å². The van der Waals surface area contributed by atoms with Crippen molar-refractivity contribution in [2.45, 2.75) is 64.7 Å². The molecule has 0 bridgehead atoms. The summed E-state index contributed by atoms with van der Waals surface area (Å²) in [6, 6.07) is 0. The fourth-order valence-electron chi connectivity index (χ4n) is 3.08. The Hall–Kier alpha value is -0.380. The molecule has 0 aromatic rings. The molecule has 0 N–H and O–H groups in total. The second kappa shape index (κ2) is 6.59. The molecule has 116 valence electrons. The van der Waals surface area contributed by atoms with Crippen LogP contribution in [-0.2, 0) is 9.47 Å². The standard InChI is InChI=1S/C17H31NO2/c1-16(2,3)18-11-9-15(14-18)8-6-5-7-10-17(4)19-12-13-20-17/h6,8,15H,5,7,9-14H2,1-4H3. The zero-order chi connectivity index (χ0) is 14.6. The number of unbranched alkanes of at least 4 members (excludes halogenated alkanes) is 1. The minimum absolute atomic E-state index is 0.314. The molecule has 0 amide bonds. The van der Waals surface area contributed by atoms with E-state index in [1.807, 2.05) is 0 Å². The van der Waals surface area contributed by atoms with E-state index in [4.69, 9.17) is 9.47 Å². The van der Waals surface area contributed by atoms with E-state index in [2.05, 4.69) is 44.7 Å². The van der Waals surface area contributed by atoms with Gasteiger partial charge in [-0.1, -0.05) is 12.2 Å². The second-order valence-electron chi connectivity index (χ2n) is 7.32. The van der Waals surface area contributed by atoms with Crippen LogP contribution < -0.4 is 0 Å². The molecule has 2 heterocycles. The first-order valence-corrected chi connectivity index (χ1v) is 8.09. The van der Waals surface area contributed by atoms with Gasteiger partial charge in [0, 0.05) is 18.5 Å². The smallest absolute Gasteiger partial charge is 0.165 e. The predicted octanol–water partition coefficient (Wildman–Crippen LogP) is 3.60. The maximum atomic E-state index is 5.62. The molecule has 0 radical (unpaired) electrons. The number of hydrogen-bond donors (Lipinski definition) is 0. The molecule has 0 aliphatic carbocycles. The molecule has 0 aromatic heterocycles. The normalized spacial score (nSPS) is 27.7. The summed E-state index contributed by atoms with van der Waals surface area (Å²) >= 11 is 0. The lowest BCUT2D eigenvalue weighted by Crippen LogP contribution is -2.39. The molecule has 0 spiro atoms. The van der Waals surface area contributed by atoms with Gasteiger partial charge in [-0.3, -0.25) is 4.90 Å². The van der Waals surface area contributed by atoms with E-state index in [1.165, 1.54) is 19.5 Å². The summed E-state index contributed by atoms with van der Waals surface area (Å²) in [6.07, 6.45) is 9.35. The SMILES string of the molecule is CC1(CCCC=CC2CCN(C(C)(C)C)C2)OCCO1. The van der Waals surface area contributed by atoms with E-state index in [0.29, 0.717) is 5.54 Å². The maximum absolute atomic E-state index is 5.62. The van der Waals surface area contributed by atoms with E-state index < -0.39 is 0 Å². The summed E-state index contributed by atoms with van der Waals surface area (Å²) in [6.45, 7) is 12.9. The molecular formula is C17H31NO2. The van der Waals surface area contributed by atoms with Crippen LogP contribution in [0.2, 0.25) is 0 Å². The third-order valence-electron chi connectivity index (χ3n) is 4.48. The van der Waals surface area contributed by atoms with Crippen LogP contribution in [0.1, 0.15) is 53.4 Å². The van der Waals surface area contributed by atoms with Crippen molar-refractivity contribution in [2.75, 3.05) is 26.3 Å². The zero-order valence-corrected chi connectivity index (χ0v) is 13.7. The highest BCUT2D eigenvalue weighted by Crippen LogP contribution is 2.26. The van der Waals surface area contributed by atoms with Crippen molar-refractivity contribution < 1.29 is 9.47 Å². The predicted molar refractivity (Wildman–Crippen MR) is 82.7 cm³/mol. The minimum atomic E-state index is -0.315. The third kappa shape index (κ3) is 4.57. The minimum Gasteiger partial charge on any atom is -0.348 e. The first-order chi connectivity index (χ1) is 9.39. The largest absolute Gasteiger partial charge is 0.348 e. The van der Waals surface area contributed by atoms with Crippen molar-refractivity contribution in [3.05, 3.63) is 12.2 Å². The van der Waals surface area contributed by atoms with Crippen LogP contribution in [0.3, 0.4) is 0 Å². The fourth-order valence-corrected chi connectivity index (χ4v) is 3.08. The Bertz CT molecular complexity index is 326. The summed E-state index contributed by atoms with van der Waals surface area (Å²) < 4.78 is 11.2. The lowest BCUT2D eigenvalue weighted by Gasteiger charge is -2.31. The van der Waals surface area contributed by atoms with Crippen molar-refractivity contribution in [2.24, 2.45) is 5.92 Å². The molecule has 20 heavy (non-hydrogen) atoms. The van der Waals surface area contributed by atoms with Gasteiger partial charge < -0.3 is 9.47 Å². The second-order valence-corrected chi connectivity index (χ2v) is 7.32. The lowest BCUT2D eigenvalue weighted by molar-refractivity contribution is -0.147. The van der Waals surface area contributed by atoms with E-state index in [-0.39, 0.29) is 5.79 Å².